The molecule has 116 valence electrons. The Hall–Kier alpha value is -0.920. The number of halogens is 1. The number of sulfonamides is 1. The summed E-state index contributed by atoms with van der Waals surface area (Å²) in [6, 6.07) is 4.12. The molecule has 0 aliphatic carbocycles. The monoisotopic (exact) mass is 375 g/mol. The van der Waals surface area contributed by atoms with Crippen molar-refractivity contribution in [3.05, 3.63) is 28.2 Å². The van der Waals surface area contributed by atoms with E-state index in [4.69, 9.17) is 5.11 Å². The van der Waals surface area contributed by atoms with Crippen LogP contribution in [0.5, 0.6) is 0 Å². The number of carboxylic acid groups (broad SMARTS) is 1. The molecule has 1 fully saturated rings. The van der Waals surface area contributed by atoms with Crippen molar-refractivity contribution in [2.75, 3.05) is 13.1 Å². The van der Waals surface area contributed by atoms with E-state index in [1.165, 1.54) is 22.5 Å². The highest BCUT2D eigenvalue weighted by Gasteiger charge is 2.34. The smallest absolute Gasteiger partial charge is 0.336 e. The van der Waals surface area contributed by atoms with E-state index in [-0.39, 0.29) is 10.5 Å². The van der Waals surface area contributed by atoms with Crippen LogP contribution in [-0.4, -0.2) is 36.9 Å². The first-order valence-corrected chi connectivity index (χ1v) is 8.99. The van der Waals surface area contributed by atoms with E-state index in [1.54, 1.807) is 0 Å². The largest absolute Gasteiger partial charge is 0.478 e. The number of nitrogens with zero attached hydrogens (tertiary/aromatic N) is 1. The summed E-state index contributed by atoms with van der Waals surface area (Å²) in [4.78, 5) is 11.2. The van der Waals surface area contributed by atoms with E-state index in [9.17, 15) is 13.2 Å². The molecule has 1 aliphatic rings. The van der Waals surface area contributed by atoms with Crippen molar-refractivity contribution in [3.63, 3.8) is 0 Å². The van der Waals surface area contributed by atoms with Crippen LogP contribution < -0.4 is 0 Å². The predicted octanol–water partition coefficient (Wildman–Crippen LogP) is 2.81. The minimum absolute atomic E-state index is 0.0347. The second-order valence-electron chi connectivity index (χ2n) is 5.60. The lowest BCUT2D eigenvalue weighted by molar-refractivity contribution is 0.0695. The third-order valence-electron chi connectivity index (χ3n) is 3.94. The molecular formula is C14H18BrNO4S. The number of rotatable bonds is 4. The number of hydrogen-bond acceptors (Lipinski definition) is 3. The van der Waals surface area contributed by atoms with Crippen molar-refractivity contribution in [3.8, 4) is 0 Å². The maximum absolute atomic E-state index is 12.6. The molecule has 2 rings (SSSR count). The summed E-state index contributed by atoms with van der Waals surface area (Å²) < 4.78 is 27.0. The minimum Gasteiger partial charge on any atom is -0.478 e. The quantitative estimate of drug-likeness (QED) is 0.877. The van der Waals surface area contributed by atoms with Gasteiger partial charge in [0.25, 0.3) is 0 Å². The van der Waals surface area contributed by atoms with Gasteiger partial charge >= 0.3 is 5.97 Å². The molecule has 1 atom stereocenters. The molecule has 1 unspecified atom stereocenters. The van der Waals surface area contributed by atoms with E-state index in [0.29, 0.717) is 29.4 Å². The lowest BCUT2D eigenvalue weighted by atomic mass is 9.96. The van der Waals surface area contributed by atoms with Crippen LogP contribution in [0.3, 0.4) is 0 Å². The number of aromatic carboxylic acids is 1. The summed E-state index contributed by atoms with van der Waals surface area (Å²) in [5.74, 6) is -0.362. The third kappa shape index (κ3) is 3.30. The molecule has 1 aliphatic heterocycles. The highest BCUT2D eigenvalue weighted by atomic mass is 79.9. The molecule has 0 aromatic heterocycles. The topological polar surface area (TPSA) is 74.7 Å². The second-order valence-corrected chi connectivity index (χ2v) is 8.39. The van der Waals surface area contributed by atoms with Gasteiger partial charge in [-0.25, -0.2) is 13.2 Å². The van der Waals surface area contributed by atoms with Gasteiger partial charge < -0.3 is 5.11 Å². The summed E-state index contributed by atoms with van der Waals surface area (Å²) >= 11 is 3.12. The zero-order valence-electron chi connectivity index (χ0n) is 11.9. The van der Waals surface area contributed by atoms with Crippen LogP contribution in [0.15, 0.2) is 27.6 Å². The molecule has 1 aromatic carbocycles. The van der Waals surface area contributed by atoms with Gasteiger partial charge in [-0.05, 0) is 52.4 Å². The Balaban J connectivity index is 2.33. The van der Waals surface area contributed by atoms with Crippen LogP contribution in [0.2, 0.25) is 0 Å². The molecule has 0 bridgehead atoms. The fourth-order valence-corrected chi connectivity index (χ4v) is 4.45. The van der Waals surface area contributed by atoms with Crippen molar-refractivity contribution < 1.29 is 18.3 Å². The number of benzene rings is 1. The van der Waals surface area contributed by atoms with E-state index in [2.05, 4.69) is 29.8 Å². The zero-order valence-corrected chi connectivity index (χ0v) is 14.3. The van der Waals surface area contributed by atoms with Gasteiger partial charge in [0, 0.05) is 17.6 Å². The van der Waals surface area contributed by atoms with Gasteiger partial charge in [-0.15, -0.1) is 0 Å². The lowest BCUT2D eigenvalue weighted by Crippen LogP contribution is -2.29. The van der Waals surface area contributed by atoms with E-state index >= 15 is 0 Å². The SMILES string of the molecule is CC(C)C1CCN(S(=O)(=O)c2ccc(Br)c(C(=O)O)c2)C1. The van der Waals surface area contributed by atoms with Crippen molar-refractivity contribution in [1.82, 2.24) is 4.31 Å². The van der Waals surface area contributed by atoms with Gasteiger partial charge in [-0.1, -0.05) is 13.8 Å². The molecule has 1 aromatic rings. The predicted molar refractivity (Wildman–Crippen MR) is 82.8 cm³/mol. The van der Waals surface area contributed by atoms with Crippen LogP contribution in [0.25, 0.3) is 0 Å². The molecule has 0 radical (unpaired) electrons. The van der Waals surface area contributed by atoms with Gasteiger partial charge in [0.15, 0.2) is 0 Å². The molecule has 0 saturated carbocycles. The molecule has 1 heterocycles. The first kappa shape index (κ1) is 16.5. The number of carboxylic acids is 1. The highest BCUT2D eigenvalue weighted by Crippen LogP contribution is 2.30. The second kappa shape index (κ2) is 6.06. The summed E-state index contributed by atoms with van der Waals surface area (Å²) in [7, 11) is -3.63. The number of carbonyl (C=O) groups is 1. The highest BCUT2D eigenvalue weighted by molar-refractivity contribution is 9.10. The van der Waals surface area contributed by atoms with E-state index in [1.807, 2.05) is 0 Å². The Morgan fingerprint density at radius 2 is 2.10 bits per heavy atom. The first-order valence-electron chi connectivity index (χ1n) is 6.76. The van der Waals surface area contributed by atoms with Crippen LogP contribution in [0.1, 0.15) is 30.6 Å². The van der Waals surface area contributed by atoms with Crippen LogP contribution in [-0.2, 0) is 10.0 Å². The van der Waals surface area contributed by atoms with Crippen molar-refractivity contribution in [2.45, 2.75) is 25.2 Å². The van der Waals surface area contributed by atoms with Crippen LogP contribution in [0, 0.1) is 11.8 Å². The number of hydrogen-bond donors (Lipinski definition) is 1. The molecule has 5 nitrogen and oxygen atoms in total. The summed E-state index contributed by atoms with van der Waals surface area (Å²) in [6.07, 6.45) is 0.846. The Morgan fingerprint density at radius 3 is 2.62 bits per heavy atom. The summed E-state index contributed by atoms with van der Waals surface area (Å²) in [5.41, 5.74) is -0.0457. The average molecular weight is 376 g/mol. The molecular weight excluding hydrogens is 358 g/mol. The maximum Gasteiger partial charge on any atom is 0.336 e. The van der Waals surface area contributed by atoms with Crippen molar-refractivity contribution in [2.24, 2.45) is 11.8 Å². The fraction of sp³-hybridized carbons (Fsp3) is 0.500. The zero-order chi connectivity index (χ0) is 15.8. The Bertz CT molecular complexity index is 657. The summed E-state index contributed by atoms with van der Waals surface area (Å²) in [5, 5.41) is 9.10. The summed E-state index contributed by atoms with van der Waals surface area (Å²) in [6.45, 7) is 5.16. The van der Waals surface area contributed by atoms with Crippen LogP contribution >= 0.6 is 15.9 Å². The Kier molecular flexibility index (Phi) is 4.75. The van der Waals surface area contributed by atoms with Crippen LogP contribution in [0.4, 0.5) is 0 Å². The Morgan fingerprint density at radius 1 is 1.43 bits per heavy atom. The van der Waals surface area contributed by atoms with E-state index < -0.39 is 16.0 Å². The normalized spacial score (nSPS) is 20.1. The fourth-order valence-electron chi connectivity index (χ4n) is 2.49. The van der Waals surface area contributed by atoms with Gasteiger partial charge in [0.2, 0.25) is 10.0 Å². The van der Waals surface area contributed by atoms with Crippen molar-refractivity contribution >= 4 is 31.9 Å². The lowest BCUT2D eigenvalue weighted by Gasteiger charge is -2.18. The molecule has 21 heavy (non-hydrogen) atoms. The molecule has 0 amide bonds. The average Bonchev–Trinajstić information content (AvgIpc) is 2.89. The van der Waals surface area contributed by atoms with Gasteiger partial charge in [0.05, 0.1) is 10.5 Å². The van der Waals surface area contributed by atoms with Gasteiger partial charge in [0.1, 0.15) is 0 Å². The first-order chi connectivity index (χ1) is 9.73. The minimum atomic E-state index is -3.63. The maximum atomic E-state index is 12.6. The molecule has 1 N–H and O–H groups in total. The van der Waals surface area contributed by atoms with E-state index in [0.717, 1.165) is 6.42 Å². The standard InChI is InChI=1S/C14H18BrNO4S/c1-9(2)10-5-6-16(8-10)21(19,20)11-3-4-13(15)12(7-11)14(17)18/h3-4,7,9-10H,5-6,8H2,1-2H3,(H,17,18). The van der Waals surface area contributed by atoms with Gasteiger partial charge in [-0.2, -0.15) is 4.31 Å². The molecule has 1 saturated heterocycles. The Labute approximate surface area is 133 Å². The third-order valence-corrected chi connectivity index (χ3v) is 6.49. The molecule has 0 spiro atoms. The van der Waals surface area contributed by atoms with Gasteiger partial charge in [-0.3, -0.25) is 0 Å². The molecule has 7 heteroatoms. The van der Waals surface area contributed by atoms with Crippen molar-refractivity contribution in [1.29, 1.82) is 0 Å².